The zero-order chi connectivity index (χ0) is 26.0. The van der Waals surface area contributed by atoms with Crippen LogP contribution < -0.4 is 5.32 Å². The van der Waals surface area contributed by atoms with Crippen molar-refractivity contribution in [3.8, 4) is 0 Å². The van der Waals surface area contributed by atoms with Gasteiger partial charge in [0.2, 0.25) is 0 Å². The molecule has 9 heteroatoms. The summed E-state index contributed by atoms with van der Waals surface area (Å²) < 4.78 is 32.1. The fourth-order valence-electron chi connectivity index (χ4n) is 5.46. The second-order valence-corrected chi connectivity index (χ2v) is 10.5. The molecule has 3 rings (SSSR count). The van der Waals surface area contributed by atoms with E-state index in [1.54, 1.807) is 18.1 Å². The summed E-state index contributed by atoms with van der Waals surface area (Å²) in [5.74, 6) is -0.0939. The summed E-state index contributed by atoms with van der Waals surface area (Å²) in [6.45, 7) is 1.80. The van der Waals surface area contributed by atoms with Gasteiger partial charge in [0, 0.05) is 32.4 Å². The molecule has 1 aromatic rings. The molecule has 204 valence electrons. The highest BCUT2D eigenvalue weighted by Crippen LogP contribution is 2.38. The van der Waals surface area contributed by atoms with Crippen LogP contribution in [0, 0.1) is 11.7 Å². The third-order valence-electron chi connectivity index (χ3n) is 7.45. The van der Waals surface area contributed by atoms with Crippen molar-refractivity contribution >= 4 is 17.7 Å². The van der Waals surface area contributed by atoms with Crippen LogP contribution in [0.2, 0.25) is 5.02 Å². The number of carbonyl (C=O) groups is 1. The van der Waals surface area contributed by atoms with E-state index in [4.69, 9.17) is 25.8 Å². The number of hydrogen-bond donors (Lipinski definition) is 2. The molecular formula is C27H42ClFN2O5. The lowest BCUT2D eigenvalue weighted by Gasteiger charge is -2.42. The highest BCUT2D eigenvalue weighted by molar-refractivity contribution is 6.30. The van der Waals surface area contributed by atoms with Crippen LogP contribution in [-0.4, -0.2) is 75.3 Å². The number of nitrogens with one attached hydrogen (secondary N) is 1. The Balaban J connectivity index is 1.72. The van der Waals surface area contributed by atoms with E-state index >= 15 is 4.39 Å². The average molecular weight is 529 g/mol. The molecule has 1 amide bonds. The molecule has 0 spiro atoms. The molecule has 36 heavy (non-hydrogen) atoms. The highest BCUT2D eigenvalue weighted by Gasteiger charge is 2.44. The summed E-state index contributed by atoms with van der Waals surface area (Å²) in [6.07, 6.45) is 7.02. The maximum absolute atomic E-state index is 15.1. The van der Waals surface area contributed by atoms with Crippen LogP contribution in [0.4, 0.5) is 9.18 Å². The predicted molar refractivity (Wildman–Crippen MR) is 138 cm³/mol. The second kappa shape index (κ2) is 14.5. The molecule has 0 radical (unpaired) electrons. The molecule has 3 atom stereocenters. The molecular weight excluding hydrogens is 487 g/mol. The van der Waals surface area contributed by atoms with Gasteiger partial charge in [-0.05, 0) is 44.7 Å². The molecule has 1 heterocycles. The van der Waals surface area contributed by atoms with Gasteiger partial charge in [0.1, 0.15) is 23.6 Å². The Morgan fingerprint density at radius 2 is 2.11 bits per heavy atom. The summed E-state index contributed by atoms with van der Waals surface area (Å²) in [6, 6.07) is 4.60. The van der Waals surface area contributed by atoms with Gasteiger partial charge in [-0.2, -0.15) is 0 Å². The van der Waals surface area contributed by atoms with Crippen molar-refractivity contribution < 1.29 is 28.5 Å². The minimum Gasteiger partial charge on any atom is -0.445 e. The molecule has 0 aromatic heterocycles. The number of halogens is 2. The van der Waals surface area contributed by atoms with Crippen LogP contribution in [0.5, 0.6) is 0 Å². The number of nitrogens with zero attached hydrogens (tertiary/aromatic N) is 1. The van der Waals surface area contributed by atoms with Crippen molar-refractivity contribution in [2.45, 2.75) is 75.6 Å². The topological polar surface area (TPSA) is 80.3 Å². The third-order valence-corrected chi connectivity index (χ3v) is 7.74. The van der Waals surface area contributed by atoms with Gasteiger partial charge in [0.25, 0.3) is 0 Å². The Bertz CT molecular complexity index is 825. The van der Waals surface area contributed by atoms with E-state index in [9.17, 15) is 9.90 Å². The number of likely N-dealkylation sites (N-methyl/N-ethyl adjacent to an activating group) is 1. The number of hydrogen-bond acceptors (Lipinski definition) is 6. The minimum absolute atomic E-state index is 0.0625. The SMILES string of the molecule is CNC[C@@H](CC1CCCCC1)OC(=O)N1CCO[C@@H]([C@@](O)(CCCCOC)c2cccc(Cl)c2F)C1. The molecule has 2 aliphatic rings. The van der Waals surface area contributed by atoms with Gasteiger partial charge in [-0.15, -0.1) is 0 Å². The number of ether oxygens (including phenoxy) is 3. The normalized spacial score (nSPS) is 21.7. The van der Waals surface area contributed by atoms with Gasteiger partial charge in [0.05, 0.1) is 18.2 Å². The Labute approximate surface area is 219 Å². The zero-order valence-electron chi connectivity index (χ0n) is 21.6. The summed E-state index contributed by atoms with van der Waals surface area (Å²) >= 11 is 6.05. The summed E-state index contributed by atoms with van der Waals surface area (Å²) in [5.41, 5.74) is -1.58. The van der Waals surface area contributed by atoms with Crippen molar-refractivity contribution in [3.63, 3.8) is 0 Å². The van der Waals surface area contributed by atoms with E-state index in [0.717, 1.165) is 6.42 Å². The van der Waals surface area contributed by atoms with Crippen molar-refractivity contribution in [2.75, 3.05) is 47.0 Å². The first-order chi connectivity index (χ1) is 17.4. The Morgan fingerprint density at radius 3 is 2.83 bits per heavy atom. The Morgan fingerprint density at radius 1 is 1.33 bits per heavy atom. The zero-order valence-corrected chi connectivity index (χ0v) is 22.4. The van der Waals surface area contributed by atoms with Crippen molar-refractivity contribution in [2.24, 2.45) is 5.92 Å². The molecule has 1 aliphatic carbocycles. The number of benzene rings is 1. The summed E-state index contributed by atoms with van der Waals surface area (Å²) in [5, 5.41) is 14.9. The quantitative estimate of drug-likeness (QED) is 0.376. The molecule has 2 N–H and O–H groups in total. The number of morpholine rings is 1. The first kappa shape index (κ1) is 29.1. The van der Waals surface area contributed by atoms with Gasteiger partial charge in [-0.1, -0.05) is 55.8 Å². The monoisotopic (exact) mass is 528 g/mol. The van der Waals surface area contributed by atoms with E-state index in [1.165, 1.54) is 44.2 Å². The first-order valence-electron chi connectivity index (χ1n) is 13.3. The molecule has 1 saturated heterocycles. The van der Waals surface area contributed by atoms with Gasteiger partial charge >= 0.3 is 6.09 Å². The van der Waals surface area contributed by atoms with Crippen molar-refractivity contribution in [1.82, 2.24) is 10.2 Å². The van der Waals surface area contributed by atoms with Crippen LogP contribution >= 0.6 is 11.6 Å². The van der Waals surface area contributed by atoms with Gasteiger partial charge in [0.15, 0.2) is 0 Å². The first-order valence-corrected chi connectivity index (χ1v) is 13.6. The third kappa shape index (κ3) is 7.78. The van der Waals surface area contributed by atoms with Crippen LogP contribution in [0.1, 0.15) is 63.4 Å². The predicted octanol–water partition coefficient (Wildman–Crippen LogP) is 4.88. The molecule has 7 nitrogen and oxygen atoms in total. The van der Waals surface area contributed by atoms with E-state index in [1.807, 2.05) is 7.05 Å². The van der Waals surface area contributed by atoms with E-state index in [2.05, 4.69) is 5.32 Å². The maximum Gasteiger partial charge on any atom is 0.410 e. The summed E-state index contributed by atoms with van der Waals surface area (Å²) in [7, 11) is 3.47. The van der Waals surface area contributed by atoms with Crippen molar-refractivity contribution in [1.29, 1.82) is 0 Å². The maximum atomic E-state index is 15.1. The van der Waals surface area contributed by atoms with Crippen LogP contribution in [-0.2, 0) is 19.8 Å². The lowest BCUT2D eigenvalue weighted by atomic mass is 9.82. The molecule has 0 unspecified atom stereocenters. The number of aliphatic hydroxyl groups is 1. The lowest BCUT2D eigenvalue weighted by molar-refractivity contribution is -0.151. The molecule has 1 aromatic carbocycles. The molecule has 1 saturated carbocycles. The van der Waals surface area contributed by atoms with Crippen molar-refractivity contribution in [3.05, 3.63) is 34.6 Å². The van der Waals surface area contributed by atoms with Crippen LogP contribution in [0.25, 0.3) is 0 Å². The standard InChI is InChI=1S/C27H42ClFN2O5/c1-30-18-21(17-20-9-4-3-5-10-20)36-26(32)31-14-16-35-24(19-31)27(33,13-6-7-15-34-2)22-11-8-12-23(28)25(22)29/h8,11-12,20-21,24,30,33H,3-7,9-10,13-19H2,1-2H3/t21-,24-,27-/m1/s1. The highest BCUT2D eigenvalue weighted by atomic mass is 35.5. The Hall–Kier alpha value is -1.45. The fraction of sp³-hybridized carbons (Fsp3) is 0.741. The molecule has 1 aliphatic heterocycles. The average Bonchev–Trinajstić information content (AvgIpc) is 2.89. The number of methoxy groups -OCH3 is 1. The second-order valence-electron chi connectivity index (χ2n) is 10.1. The number of amides is 1. The largest absolute Gasteiger partial charge is 0.445 e. The molecule has 0 bridgehead atoms. The van der Waals surface area contributed by atoms with E-state index in [0.29, 0.717) is 38.5 Å². The van der Waals surface area contributed by atoms with Gasteiger partial charge in [-0.3, -0.25) is 0 Å². The number of rotatable bonds is 12. The van der Waals surface area contributed by atoms with Gasteiger partial charge < -0.3 is 29.5 Å². The van der Waals surface area contributed by atoms with Crippen LogP contribution in [0.3, 0.4) is 0 Å². The summed E-state index contributed by atoms with van der Waals surface area (Å²) in [4.78, 5) is 14.8. The van der Waals surface area contributed by atoms with Gasteiger partial charge in [-0.25, -0.2) is 9.18 Å². The number of carbonyl (C=O) groups excluding carboxylic acids is 1. The van der Waals surface area contributed by atoms with Crippen LogP contribution in [0.15, 0.2) is 18.2 Å². The minimum atomic E-state index is -1.66. The van der Waals surface area contributed by atoms with E-state index in [-0.39, 0.29) is 36.3 Å². The Kier molecular flexibility index (Phi) is 11.7. The number of unbranched alkanes of at least 4 members (excludes halogenated alkanes) is 1. The van der Waals surface area contributed by atoms with E-state index < -0.39 is 23.6 Å². The lowest BCUT2D eigenvalue weighted by Crippen LogP contribution is -2.55. The smallest absolute Gasteiger partial charge is 0.410 e. The fourth-order valence-corrected chi connectivity index (χ4v) is 5.64. The molecule has 2 fully saturated rings.